The van der Waals surface area contributed by atoms with Crippen molar-refractivity contribution in [1.82, 2.24) is 15.0 Å². The summed E-state index contributed by atoms with van der Waals surface area (Å²) in [6.45, 7) is 1.76. The summed E-state index contributed by atoms with van der Waals surface area (Å²) in [7, 11) is 1.89. The van der Waals surface area contributed by atoms with Crippen molar-refractivity contribution in [3.63, 3.8) is 0 Å². The Balaban J connectivity index is 1.46. The van der Waals surface area contributed by atoms with Crippen LogP contribution in [0, 0.1) is 6.92 Å². The normalized spacial score (nSPS) is 14.6. The molecule has 7 heteroatoms. The quantitative estimate of drug-likeness (QED) is 0.785. The Kier molecular flexibility index (Phi) is 6.79. The number of nitrogens with one attached hydrogen (secondary N) is 1. The molecule has 0 radical (unpaired) electrons. The molecule has 1 heterocycles. The van der Waals surface area contributed by atoms with Gasteiger partial charge in [0.05, 0.1) is 0 Å². The molecule has 0 unspecified atom stereocenters. The molecule has 0 atom stereocenters. The number of nitrogens with zero attached hydrogens (tertiary/aromatic N) is 3. The van der Waals surface area contributed by atoms with Crippen molar-refractivity contribution < 1.29 is 14.1 Å². The number of carbonyl (C=O) groups excluding carboxylic acids is 2. The number of amides is 2. The second-order valence-electron chi connectivity index (χ2n) is 7.42. The van der Waals surface area contributed by atoms with Crippen LogP contribution in [0.15, 0.2) is 28.8 Å². The molecule has 2 aromatic rings. The fourth-order valence-electron chi connectivity index (χ4n) is 3.60. The summed E-state index contributed by atoms with van der Waals surface area (Å²) in [5.41, 5.74) is 1.34. The number of aromatic nitrogens is 2. The van der Waals surface area contributed by atoms with Gasteiger partial charge in [0.15, 0.2) is 5.82 Å². The highest BCUT2D eigenvalue weighted by molar-refractivity contribution is 5.95. The minimum absolute atomic E-state index is 0.0413. The fraction of sp³-hybridized carbons (Fsp3) is 0.524. The van der Waals surface area contributed by atoms with Crippen LogP contribution in [0.5, 0.6) is 0 Å². The summed E-state index contributed by atoms with van der Waals surface area (Å²) < 4.78 is 5.03. The Morgan fingerprint density at radius 1 is 1.18 bits per heavy atom. The minimum Gasteiger partial charge on any atom is -0.339 e. The van der Waals surface area contributed by atoms with Gasteiger partial charge in [0.2, 0.25) is 11.8 Å². The van der Waals surface area contributed by atoms with E-state index in [0.29, 0.717) is 48.3 Å². The van der Waals surface area contributed by atoms with Gasteiger partial charge in [0.25, 0.3) is 5.91 Å². The van der Waals surface area contributed by atoms with Crippen molar-refractivity contribution >= 4 is 17.5 Å². The van der Waals surface area contributed by atoms with Crippen molar-refractivity contribution in [2.75, 3.05) is 12.4 Å². The highest BCUT2D eigenvalue weighted by Gasteiger charge is 2.22. The minimum atomic E-state index is -0.0744. The first-order chi connectivity index (χ1) is 13.5. The molecule has 28 heavy (non-hydrogen) atoms. The van der Waals surface area contributed by atoms with Gasteiger partial charge < -0.3 is 14.7 Å². The second kappa shape index (κ2) is 9.48. The van der Waals surface area contributed by atoms with Crippen LogP contribution in [0.25, 0.3) is 0 Å². The van der Waals surface area contributed by atoms with Crippen molar-refractivity contribution in [3.05, 3.63) is 41.5 Å². The molecule has 1 fully saturated rings. The molecule has 0 aliphatic heterocycles. The van der Waals surface area contributed by atoms with E-state index in [2.05, 4.69) is 15.5 Å². The van der Waals surface area contributed by atoms with Gasteiger partial charge >= 0.3 is 0 Å². The first kappa shape index (κ1) is 20.0. The van der Waals surface area contributed by atoms with Crippen LogP contribution in [0.3, 0.4) is 0 Å². The zero-order valence-electron chi connectivity index (χ0n) is 16.6. The summed E-state index contributed by atoms with van der Waals surface area (Å²) in [5, 5.41) is 6.59. The van der Waals surface area contributed by atoms with Crippen LogP contribution in [0.2, 0.25) is 0 Å². The van der Waals surface area contributed by atoms with Gasteiger partial charge in [0, 0.05) is 37.2 Å². The van der Waals surface area contributed by atoms with Crippen LogP contribution >= 0.6 is 0 Å². The maximum absolute atomic E-state index is 12.7. The highest BCUT2D eigenvalue weighted by atomic mass is 16.5. The Labute approximate surface area is 165 Å². The summed E-state index contributed by atoms with van der Waals surface area (Å²) in [4.78, 5) is 30.7. The van der Waals surface area contributed by atoms with Gasteiger partial charge in [-0.15, -0.1) is 0 Å². The summed E-state index contributed by atoms with van der Waals surface area (Å²) in [6.07, 6.45) is 7.40. The van der Waals surface area contributed by atoms with Gasteiger partial charge in [-0.05, 0) is 50.5 Å². The molecular formula is C21H28N4O3. The van der Waals surface area contributed by atoms with E-state index in [4.69, 9.17) is 4.52 Å². The van der Waals surface area contributed by atoms with Crippen LogP contribution < -0.4 is 5.32 Å². The topological polar surface area (TPSA) is 88.3 Å². The lowest BCUT2D eigenvalue weighted by Gasteiger charge is -2.31. The smallest absolute Gasteiger partial charge is 0.253 e. The average molecular weight is 384 g/mol. The summed E-state index contributed by atoms with van der Waals surface area (Å²) in [5.74, 6) is 1.12. The first-order valence-electron chi connectivity index (χ1n) is 9.99. The van der Waals surface area contributed by atoms with Crippen molar-refractivity contribution in [1.29, 1.82) is 0 Å². The van der Waals surface area contributed by atoms with Gasteiger partial charge in [-0.3, -0.25) is 9.59 Å². The monoisotopic (exact) mass is 384 g/mol. The Hall–Kier alpha value is -2.70. The SMILES string of the molecule is Cc1noc(CCCC(=O)Nc2ccc(C(=O)N(C)C3CCCCC3)cc2)n1. The molecule has 0 bridgehead atoms. The van der Waals surface area contributed by atoms with E-state index in [9.17, 15) is 9.59 Å². The zero-order chi connectivity index (χ0) is 19.9. The largest absolute Gasteiger partial charge is 0.339 e. The molecule has 7 nitrogen and oxygen atoms in total. The lowest BCUT2D eigenvalue weighted by molar-refractivity contribution is -0.116. The Morgan fingerprint density at radius 3 is 2.54 bits per heavy atom. The van der Waals surface area contributed by atoms with Crippen molar-refractivity contribution in [3.8, 4) is 0 Å². The van der Waals surface area contributed by atoms with Gasteiger partial charge in [-0.2, -0.15) is 4.98 Å². The molecule has 0 saturated heterocycles. The van der Waals surface area contributed by atoms with Crippen LogP contribution in [-0.4, -0.2) is 39.9 Å². The molecule has 0 spiro atoms. The Bertz CT molecular complexity index is 794. The van der Waals surface area contributed by atoms with Gasteiger partial charge in [-0.25, -0.2) is 0 Å². The summed E-state index contributed by atoms with van der Waals surface area (Å²) >= 11 is 0. The van der Waals surface area contributed by atoms with Crippen molar-refractivity contribution in [2.45, 2.75) is 64.3 Å². The van der Waals surface area contributed by atoms with E-state index in [1.165, 1.54) is 19.3 Å². The molecule has 2 amide bonds. The van der Waals surface area contributed by atoms with E-state index < -0.39 is 0 Å². The predicted octanol–water partition coefficient (Wildman–Crippen LogP) is 3.74. The zero-order valence-corrected chi connectivity index (χ0v) is 16.6. The third kappa shape index (κ3) is 5.41. The summed E-state index contributed by atoms with van der Waals surface area (Å²) in [6, 6.07) is 7.45. The highest BCUT2D eigenvalue weighted by Crippen LogP contribution is 2.23. The number of benzene rings is 1. The van der Waals surface area contributed by atoms with E-state index in [1.54, 1.807) is 31.2 Å². The van der Waals surface area contributed by atoms with Crippen molar-refractivity contribution in [2.24, 2.45) is 0 Å². The molecule has 1 aromatic carbocycles. The number of hydrogen-bond donors (Lipinski definition) is 1. The van der Waals surface area contributed by atoms with Crippen LogP contribution in [-0.2, 0) is 11.2 Å². The number of hydrogen-bond acceptors (Lipinski definition) is 5. The molecule has 1 aliphatic rings. The number of carbonyl (C=O) groups is 2. The molecule has 1 aliphatic carbocycles. The number of aryl methyl sites for hydroxylation is 2. The van der Waals surface area contributed by atoms with E-state index in [1.807, 2.05) is 11.9 Å². The van der Waals surface area contributed by atoms with Gasteiger partial charge in [0.1, 0.15) is 0 Å². The van der Waals surface area contributed by atoms with E-state index in [0.717, 1.165) is 12.8 Å². The lowest BCUT2D eigenvalue weighted by atomic mass is 9.94. The van der Waals surface area contributed by atoms with E-state index >= 15 is 0 Å². The standard InChI is InChI=1S/C21H28N4O3/c1-15-22-20(28-24-15)10-6-9-19(26)23-17-13-11-16(12-14-17)21(27)25(2)18-7-4-3-5-8-18/h11-14,18H,3-10H2,1-2H3,(H,23,26). The molecular weight excluding hydrogens is 356 g/mol. The third-order valence-electron chi connectivity index (χ3n) is 5.22. The molecule has 1 saturated carbocycles. The lowest BCUT2D eigenvalue weighted by Crippen LogP contribution is -2.38. The number of rotatable bonds is 7. The molecule has 3 rings (SSSR count). The Morgan fingerprint density at radius 2 is 1.89 bits per heavy atom. The van der Waals surface area contributed by atoms with Crippen LogP contribution in [0.1, 0.15) is 67.0 Å². The molecule has 1 aromatic heterocycles. The molecule has 150 valence electrons. The van der Waals surface area contributed by atoms with E-state index in [-0.39, 0.29) is 11.8 Å². The second-order valence-corrected chi connectivity index (χ2v) is 7.42. The molecule has 1 N–H and O–H groups in total. The predicted molar refractivity (Wildman–Crippen MR) is 106 cm³/mol. The van der Waals surface area contributed by atoms with Crippen LogP contribution in [0.4, 0.5) is 5.69 Å². The maximum Gasteiger partial charge on any atom is 0.253 e. The third-order valence-corrected chi connectivity index (χ3v) is 5.22. The van der Waals surface area contributed by atoms with Gasteiger partial charge in [-0.1, -0.05) is 24.4 Å². The number of anilines is 1. The fourth-order valence-corrected chi connectivity index (χ4v) is 3.60. The first-order valence-corrected chi connectivity index (χ1v) is 9.99. The average Bonchev–Trinajstić information content (AvgIpc) is 3.13. The maximum atomic E-state index is 12.7.